The molecule has 0 atom stereocenters. The predicted octanol–water partition coefficient (Wildman–Crippen LogP) is 1.43. The Kier molecular flexibility index (Phi) is 4.79. The summed E-state index contributed by atoms with van der Waals surface area (Å²) in [6.45, 7) is 0.153. The molecule has 0 fully saturated rings. The Morgan fingerprint density at radius 2 is 2.18 bits per heavy atom. The number of thiazole rings is 1. The molecule has 0 saturated carbocycles. The van der Waals surface area contributed by atoms with Crippen molar-refractivity contribution in [3.63, 3.8) is 0 Å². The molecule has 0 aliphatic carbocycles. The second-order valence-corrected chi connectivity index (χ2v) is 5.54. The van der Waals surface area contributed by atoms with E-state index in [1.165, 1.54) is 7.05 Å². The molecule has 0 saturated heterocycles. The number of nitrogens with one attached hydrogen (secondary N) is 1. The monoisotopic (exact) mass is 334 g/mol. The SMILES string of the molecule is CN1N=C(C(=O)NCCc2nc(C(F)(F)F)cs2)CCC1=O. The van der Waals surface area contributed by atoms with E-state index >= 15 is 0 Å². The van der Waals surface area contributed by atoms with E-state index in [4.69, 9.17) is 0 Å². The van der Waals surface area contributed by atoms with Crippen LogP contribution in [0, 0.1) is 0 Å². The fourth-order valence-corrected chi connectivity index (χ4v) is 2.58. The first-order chi connectivity index (χ1) is 10.3. The zero-order chi connectivity index (χ0) is 16.3. The lowest BCUT2D eigenvalue weighted by molar-refractivity contribution is -0.140. The second kappa shape index (κ2) is 6.42. The number of nitrogens with zero attached hydrogens (tertiary/aromatic N) is 3. The Morgan fingerprint density at radius 3 is 2.77 bits per heavy atom. The molecule has 120 valence electrons. The van der Waals surface area contributed by atoms with Gasteiger partial charge in [0.25, 0.3) is 5.91 Å². The molecule has 1 aliphatic heterocycles. The predicted molar refractivity (Wildman–Crippen MR) is 73.3 cm³/mol. The highest BCUT2D eigenvalue weighted by Crippen LogP contribution is 2.29. The maximum atomic E-state index is 12.4. The van der Waals surface area contributed by atoms with Gasteiger partial charge in [0, 0.05) is 38.2 Å². The minimum atomic E-state index is -4.45. The minimum absolute atomic E-state index is 0.153. The van der Waals surface area contributed by atoms with Crippen LogP contribution in [0.1, 0.15) is 23.5 Å². The average molecular weight is 334 g/mol. The van der Waals surface area contributed by atoms with Crippen LogP contribution in [0.3, 0.4) is 0 Å². The first-order valence-corrected chi connectivity index (χ1v) is 7.29. The summed E-state index contributed by atoms with van der Waals surface area (Å²) in [6, 6.07) is 0. The summed E-state index contributed by atoms with van der Waals surface area (Å²) in [5.74, 6) is -0.592. The van der Waals surface area contributed by atoms with Gasteiger partial charge in [-0.1, -0.05) is 0 Å². The van der Waals surface area contributed by atoms with Gasteiger partial charge < -0.3 is 5.32 Å². The summed E-state index contributed by atoms with van der Waals surface area (Å²) in [5, 5.41) is 8.76. The van der Waals surface area contributed by atoms with E-state index in [0.717, 1.165) is 21.7 Å². The number of amides is 2. The third kappa shape index (κ3) is 4.03. The number of halogens is 3. The normalized spacial score (nSPS) is 15.7. The van der Waals surface area contributed by atoms with Gasteiger partial charge in [-0.3, -0.25) is 9.59 Å². The lowest BCUT2D eigenvalue weighted by atomic mass is 10.1. The van der Waals surface area contributed by atoms with E-state index < -0.39 is 17.8 Å². The maximum absolute atomic E-state index is 12.4. The molecule has 0 bridgehead atoms. The molecular weight excluding hydrogens is 321 g/mol. The number of rotatable bonds is 4. The van der Waals surface area contributed by atoms with Gasteiger partial charge in [0.2, 0.25) is 5.91 Å². The van der Waals surface area contributed by atoms with E-state index in [2.05, 4.69) is 15.4 Å². The van der Waals surface area contributed by atoms with Crippen LogP contribution in [0.5, 0.6) is 0 Å². The Labute approximate surface area is 128 Å². The Bertz CT molecular complexity index is 612. The zero-order valence-corrected chi connectivity index (χ0v) is 12.4. The van der Waals surface area contributed by atoms with Crippen molar-refractivity contribution in [1.82, 2.24) is 15.3 Å². The highest BCUT2D eigenvalue weighted by atomic mass is 32.1. The molecule has 22 heavy (non-hydrogen) atoms. The highest BCUT2D eigenvalue weighted by molar-refractivity contribution is 7.09. The van der Waals surface area contributed by atoms with Crippen molar-refractivity contribution in [2.24, 2.45) is 5.10 Å². The third-order valence-corrected chi connectivity index (χ3v) is 3.84. The molecule has 1 aliphatic rings. The number of hydrogen-bond acceptors (Lipinski definition) is 5. The van der Waals surface area contributed by atoms with Crippen LogP contribution in [0.25, 0.3) is 0 Å². The minimum Gasteiger partial charge on any atom is -0.351 e. The van der Waals surface area contributed by atoms with Gasteiger partial charge in [0.15, 0.2) is 5.69 Å². The first kappa shape index (κ1) is 16.4. The zero-order valence-electron chi connectivity index (χ0n) is 11.6. The number of carbonyl (C=O) groups is 2. The summed E-state index contributed by atoms with van der Waals surface area (Å²) < 4.78 is 37.2. The summed E-state index contributed by atoms with van der Waals surface area (Å²) >= 11 is 0.899. The van der Waals surface area contributed by atoms with Gasteiger partial charge in [-0.2, -0.15) is 18.3 Å². The van der Waals surface area contributed by atoms with Crippen LogP contribution in [0.2, 0.25) is 0 Å². The van der Waals surface area contributed by atoms with E-state index in [9.17, 15) is 22.8 Å². The number of aromatic nitrogens is 1. The van der Waals surface area contributed by atoms with E-state index in [-0.39, 0.29) is 37.4 Å². The molecule has 10 heteroatoms. The number of carbonyl (C=O) groups excluding carboxylic acids is 2. The molecule has 0 spiro atoms. The molecule has 0 unspecified atom stereocenters. The summed E-state index contributed by atoms with van der Waals surface area (Å²) in [5.41, 5.74) is -0.687. The number of hydrogen-bond donors (Lipinski definition) is 1. The van der Waals surface area contributed by atoms with Crippen molar-refractivity contribution < 1.29 is 22.8 Å². The fourth-order valence-electron chi connectivity index (χ4n) is 1.77. The molecule has 0 aromatic carbocycles. The average Bonchev–Trinajstić information content (AvgIpc) is 2.90. The lowest BCUT2D eigenvalue weighted by Crippen LogP contribution is -2.38. The summed E-state index contributed by atoms with van der Waals surface area (Å²) in [7, 11) is 1.46. The Hall–Kier alpha value is -1.97. The van der Waals surface area contributed by atoms with Crippen LogP contribution in [0.4, 0.5) is 13.2 Å². The van der Waals surface area contributed by atoms with Crippen LogP contribution in [0.15, 0.2) is 10.5 Å². The third-order valence-electron chi connectivity index (χ3n) is 2.94. The molecule has 2 heterocycles. The lowest BCUT2D eigenvalue weighted by Gasteiger charge is -2.18. The van der Waals surface area contributed by atoms with Crippen molar-refractivity contribution in [2.45, 2.75) is 25.4 Å². The number of hydrazone groups is 1. The Morgan fingerprint density at radius 1 is 1.45 bits per heavy atom. The van der Waals surface area contributed by atoms with Gasteiger partial charge >= 0.3 is 6.18 Å². The topological polar surface area (TPSA) is 74.7 Å². The van der Waals surface area contributed by atoms with E-state index in [0.29, 0.717) is 5.01 Å². The van der Waals surface area contributed by atoms with Crippen LogP contribution in [-0.2, 0) is 22.2 Å². The molecule has 1 aromatic rings. The largest absolute Gasteiger partial charge is 0.434 e. The second-order valence-electron chi connectivity index (χ2n) is 4.59. The Balaban J connectivity index is 1.84. The molecule has 6 nitrogen and oxygen atoms in total. The molecule has 1 aromatic heterocycles. The van der Waals surface area contributed by atoms with Crippen LogP contribution in [-0.4, -0.2) is 41.1 Å². The van der Waals surface area contributed by atoms with Crippen molar-refractivity contribution in [1.29, 1.82) is 0 Å². The molecule has 0 radical (unpaired) electrons. The standard InChI is InChI=1S/C12H13F3N4O2S/c1-19-10(20)3-2-7(18-19)11(21)16-5-4-9-17-8(6-22-9)12(13,14)15/h6H,2-5H2,1H3,(H,16,21). The summed E-state index contributed by atoms with van der Waals surface area (Å²) in [6.07, 6.45) is -3.78. The fraction of sp³-hybridized carbons (Fsp3) is 0.500. The molecule has 2 amide bonds. The number of alkyl halides is 3. The van der Waals surface area contributed by atoms with Crippen LogP contribution >= 0.6 is 11.3 Å². The van der Waals surface area contributed by atoms with Crippen LogP contribution < -0.4 is 5.32 Å². The van der Waals surface area contributed by atoms with Crippen molar-refractivity contribution >= 4 is 28.9 Å². The molecule has 2 rings (SSSR count). The molecular formula is C12H13F3N4O2S. The molecule has 1 N–H and O–H groups in total. The smallest absolute Gasteiger partial charge is 0.351 e. The van der Waals surface area contributed by atoms with E-state index in [1.807, 2.05) is 0 Å². The van der Waals surface area contributed by atoms with Gasteiger partial charge in [-0.25, -0.2) is 9.99 Å². The maximum Gasteiger partial charge on any atom is 0.434 e. The summed E-state index contributed by atoms with van der Waals surface area (Å²) in [4.78, 5) is 26.5. The van der Waals surface area contributed by atoms with E-state index in [1.54, 1.807) is 0 Å². The van der Waals surface area contributed by atoms with Crippen molar-refractivity contribution in [2.75, 3.05) is 13.6 Å². The van der Waals surface area contributed by atoms with Crippen molar-refractivity contribution in [3.05, 3.63) is 16.1 Å². The van der Waals surface area contributed by atoms with Crippen molar-refractivity contribution in [3.8, 4) is 0 Å². The van der Waals surface area contributed by atoms with Gasteiger partial charge in [0.05, 0.1) is 5.01 Å². The van der Waals surface area contributed by atoms with Gasteiger partial charge in [-0.15, -0.1) is 11.3 Å². The quantitative estimate of drug-likeness (QED) is 0.905. The highest BCUT2D eigenvalue weighted by Gasteiger charge is 2.33. The van der Waals surface area contributed by atoms with Gasteiger partial charge in [0.1, 0.15) is 5.71 Å². The van der Waals surface area contributed by atoms with Gasteiger partial charge in [-0.05, 0) is 0 Å². The first-order valence-electron chi connectivity index (χ1n) is 6.41.